The highest BCUT2D eigenvalue weighted by molar-refractivity contribution is 5.92. The van der Waals surface area contributed by atoms with Crippen molar-refractivity contribution in [2.24, 2.45) is 0 Å². The maximum absolute atomic E-state index is 10.7. The summed E-state index contributed by atoms with van der Waals surface area (Å²) in [7, 11) is 3.22. The van der Waals surface area contributed by atoms with Gasteiger partial charge in [-0.05, 0) is 5.92 Å². The minimum atomic E-state index is -0.308. The first-order valence-corrected chi connectivity index (χ1v) is 2.93. The Morgan fingerprint density at radius 1 is 1.80 bits per heavy atom. The van der Waals surface area contributed by atoms with Crippen LogP contribution in [0.3, 0.4) is 0 Å². The quantitative estimate of drug-likeness (QED) is 0.506. The van der Waals surface area contributed by atoms with Crippen LogP contribution in [-0.2, 0) is 9.53 Å². The summed E-state index contributed by atoms with van der Waals surface area (Å²) in [5, 5.41) is 0. The van der Waals surface area contributed by atoms with Crippen molar-refractivity contribution in [2.45, 2.75) is 0 Å². The minimum Gasteiger partial charge on any atom is -0.383 e. The summed E-state index contributed by atoms with van der Waals surface area (Å²) in [4.78, 5) is 12.1. The Morgan fingerprint density at radius 2 is 2.40 bits per heavy atom. The number of amides is 1. The number of nitrogens with zero attached hydrogens (tertiary/aromatic N) is 1. The molecule has 56 valence electrons. The molecule has 0 atom stereocenters. The topological polar surface area (TPSA) is 29.5 Å². The first kappa shape index (κ1) is 8.99. The fourth-order valence-electron chi connectivity index (χ4n) is 0.440. The Labute approximate surface area is 61.0 Å². The van der Waals surface area contributed by atoms with Gasteiger partial charge in [-0.3, -0.25) is 4.79 Å². The second-order valence-corrected chi connectivity index (χ2v) is 1.86. The first-order valence-electron chi connectivity index (χ1n) is 2.93. The summed E-state index contributed by atoms with van der Waals surface area (Å²) < 4.78 is 4.74. The second kappa shape index (κ2) is 4.83. The van der Waals surface area contributed by atoms with Crippen molar-refractivity contribution in [3.05, 3.63) is 0 Å². The number of ether oxygens (including phenoxy) is 1. The molecule has 0 spiro atoms. The molecule has 0 rings (SSSR count). The zero-order chi connectivity index (χ0) is 7.98. The lowest BCUT2D eigenvalue weighted by molar-refractivity contribution is -0.124. The van der Waals surface area contributed by atoms with Crippen molar-refractivity contribution in [1.29, 1.82) is 0 Å². The largest absolute Gasteiger partial charge is 0.383 e. The number of hydrogen-bond acceptors (Lipinski definition) is 2. The molecule has 3 nitrogen and oxygen atoms in total. The fraction of sp³-hybridized carbons (Fsp3) is 0.571. The highest BCUT2D eigenvalue weighted by Gasteiger charge is 2.01. The average Bonchev–Trinajstić information content (AvgIpc) is 1.98. The summed E-state index contributed by atoms with van der Waals surface area (Å²) in [6.45, 7) is 1.06. The standard InChI is InChI=1S/C7H11NO2/c1-4-7(9)8(2)5-6-10-3/h1H,5-6H2,2-3H3. The molecule has 0 aliphatic rings. The average molecular weight is 141 g/mol. The van der Waals surface area contributed by atoms with E-state index in [4.69, 9.17) is 11.2 Å². The molecule has 0 aromatic carbocycles. The van der Waals surface area contributed by atoms with Gasteiger partial charge in [-0.25, -0.2) is 0 Å². The lowest BCUT2D eigenvalue weighted by atomic mass is 10.5. The zero-order valence-corrected chi connectivity index (χ0v) is 6.26. The normalized spacial score (nSPS) is 8.50. The van der Waals surface area contributed by atoms with Crippen LogP contribution in [0.4, 0.5) is 0 Å². The molecular formula is C7H11NO2. The lowest BCUT2D eigenvalue weighted by Crippen LogP contribution is -2.28. The van der Waals surface area contributed by atoms with Gasteiger partial charge in [-0.1, -0.05) is 0 Å². The summed E-state index contributed by atoms with van der Waals surface area (Å²) >= 11 is 0. The molecule has 0 saturated heterocycles. The minimum absolute atomic E-state index is 0.308. The lowest BCUT2D eigenvalue weighted by Gasteiger charge is -2.11. The molecule has 10 heavy (non-hydrogen) atoms. The Balaban J connectivity index is 3.54. The molecule has 0 N–H and O–H groups in total. The molecule has 0 radical (unpaired) electrons. The number of hydrogen-bond donors (Lipinski definition) is 0. The maximum Gasteiger partial charge on any atom is 0.298 e. The van der Waals surface area contributed by atoms with Crippen molar-refractivity contribution in [2.75, 3.05) is 27.3 Å². The highest BCUT2D eigenvalue weighted by Crippen LogP contribution is 1.81. The molecule has 0 saturated carbocycles. The van der Waals surface area contributed by atoms with Gasteiger partial charge in [-0.15, -0.1) is 6.42 Å². The maximum atomic E-state index is 10.7. The highest BCUT2D eigenvalue weighted by atomic mass is 16.5. The monoisotopic (exact) mass is 141 g/mol. The fourth-order valence-corrected chi connectivity index (χ4v) is 0.440. The molecular weight excluding hydrogens is 130 g/mol. The summed E-state index contributed by atoms with van der Waals surface area (Å²) in [5.74, 6) is 1.70. The Morgan fingerprint density at radius 3 is 2.80 bits per heavy atom. The molecule has 0 aromatic rings. The molecule has 0 aliphatic carbocycles. The van der Waals surface area contributed by atoms with Gasteiger partial charge in [0.25, 0.3) is 5.91 Å². The van der Waals surface area contributed by atoms with Crippen molar-refractivity contribution in [3.63, 3.8) is 0 Å². The Bertz CT molecular complexity index is 148. The number of rotatable bonds is 3. The van der Waals surface area contributed by atoms with Crippen LogP contribution in [0, 0.1) is 12.3 Å². The van der Waals surface area contributed by atoms with Crippen molar-refractivity contribution in [3.8, 4) is 12.3 Å². The van der Waals surface area contributed by atoms with Gasteiger partial charge < -0.3 is 9.64 Å². The SMILES string of the molecule is C#CC(=O)N(C)CCOC. The third-order valence-electron chi connectivity index (χ3n) is 1.10. The predicted molar refractivity (Wildman–Crippen MR) is 38.3 cm³/mol. The van der Waals surface area contributed by atoms with Gasteiger partial charge in [0.1, 0.15) is 0 Å². The van der Waals surface area contributed by atoms with E-state index in [-0.39, 0.29) is 5.91 Å². The van der Waals surface area contributed by atoms with E-state index >= 15 is 0 Å². The van der Waals surface area contributed by atoms with Crippen molar-refractivity contribution >= 4 is 5.91 Å². The van der Waals surface area contributed by atoms with E-state index in [0.717, 1.165) is 0 Å². The van der Waals surface area contributed by atoms with E-state index in [2.05, 4.69) is 0 Å². The van der Waals surface area contributed by atoms with E-state index in [0.29, 0.717) is 13.2 Å². The zero-order valence-electron chi connectivity index (χ0n) is 6.26. The van der Waals surface area contributed by atoms with Crippen LogP contribution < -0.4 is 0 Å². The van der Waals surface area contributed by atoms with Crippen LogP contribution in [0.5, 0.6) is 0 Å². The van der Waals surface area contributed by atoms with Crippen LogP contribution in [0.2, 0.25) is 0 Å². The van der Waals surface area contributed by atoms with Gasteiger partial charge in [0.15, 0.2) is 0 Å². The van der Waals surface area contributed by atoms with Crippen LogP contribution >= 0.6 is 0 Å². The van der Waals surface area contributed by atoms with E-state index in [1.54, 1.807) is 14.2 Å². The van der Waals surface area contributed by atoms with E-state index in [9.17, 15) is 4.79 Å². The molecule has 0 fully saturated rings. The third-order valence-corrected chi connectivity index (χ3v) is 1.10. The van der Waals surface area contributed by atoms with Crippen LogP contribution in [0.1, 0.15) is 0 Å². The van der Waals surface area contributed by atoms with Crippen molar-refractivity contribution in [1.82, 2.24) is 4.90 Å². The number of likely N-dealkylation sites (N-methyl/N-ethyl adjacent to an activating group) is 1. The van der Waals surface area contributed by atoms with Gasteiger partial charge in [-0.2, -0.15) is 0 Å². The smallest absolute Gasteiger partial charge is 0.298 e. The third kappa shape index (κ3) is 3.10. The van der Waals surface area contributed by atoms with Crippen LogP contribution in [-0.4, -0.2) is 38.1 Å². The Kier molecular flexibility index (Phi) is 4.34. The van der Waals surface area contributed by atoms with E-state index < -0.39 is 0 Å². The molecule has 0 heterocycles. The number of terminal acetylenes is 1. The van der Waals surface area contributed by atoms with Gasteiger partial charge in [0, 0.05) is 20.7 Å². The molecule has 0 aromatic heterocycles. The summed E-state index contributed by atoms with van der Waals surface area (Å²) in [5.41, 5.74) is 0. The molecule has 0 aliphatic heterocycles. The summed E-state index contributed by atoms with van der Waals surface area (Å²) in [6.07, 6.45) is 4.86. The number of carbonyl (C=O) groups excluding carboxylic acids is 1. The molecule has 1 amide bonds. The number of carbonyl (C=O) groups is 1. The van der Waals surface area contributed by atoms with Gasteiger partial charge in [0.2, 0.25) is 0 Å². The second-order valence-electron chi connectivity index (χ2n) is 1.86. The van der Waals surface area contributed by atoms with Gasteiger partial charge in [0.05, 0.1) is 6.61 Å². The molecule has 0 unspecified atom stereocenters. The number of methoxy groups -OCH3 is 1. The summed E-state index contributed by atoms with van der Waals surface area (Å²) in [6, 6.07) is 0. The first-order chi connectivity index (χ1) is 4.72. The Hall–Kier alpha value is -1.01. The van der Waals surface area contributed by atoms with Gasteiger partial charge >= 0.3 is 0 Å². The van der Waals surface area contributed by atoms with E-state index in [1.807, 2.05) is 5.92 Å². The van der Waals surface area contributed by atoms with Crippen molar-refractivity contribution < 1.29 is 9.53 Å². The molecule has 3 heteroatoms. The van der Waals surface area contributed by atoms with Crippen LogP contribution in [0.25, 0.3) is 0 Å². The predicted octanol–water partition coefficient (Wildman–Crippen LogP) is -0.276. The van der Waals surface area contributed by atoms with Crippen LogP contribution in [0.15, 0.2) is 0 Å². The van der Waals surface area contributed by atoms with E-state index in [1.165, 1.54) is 4.90 Å². The molecule has 0 bridgehead atoms.